The number of fused-ring (bicyclic) bond motifs is 2. The van der Waals surface area contributed by atoms with Gasteiger partial charge in [-0.15, -0.1) is 0 Å². The van der Waals surface area contributed by atoms with Crippen molar-refractivity contribution in [3.05, 3.63) is 81.1 Å². The van der Waals surface area contributed by atoms with Crippen LogP contribution in [0, 0.1) is 0 Å². The molecule has 1 aliphatic rings. The number of piperidine rings is 1. The minimum atomic E-state index is -0.393. The van der Waals surface area contributed by atoms with Crippen molar-refractivity contribution in [1.82, 2.24) is 19.4 Å². The number of amides is 1. The van der Waals surface area contributed by atoms with Crippen molar-refractivity contribution in [2.24, 2.45) is 0 Å². The van der Waals surface area contributed by atoms with Crippen molar-refractivity contribution < 1.29 is 4.79 Å². The van der Waals surface area contributed by atoms with Crippen LogP contribution in [0.15, 0.2) is 64.3 Å². The van der Waals surface area contributed by atoms with Gasteiger partial charge in [-0.2, -0.15) is 0 Å². The van der Waals surface area contributed by atoms with Gasteiger partial charge in [0.2, 0.25) is 0 Å². The molecule has 0 radical (unpaired) electrons. The summed E-state index contributed by atoms with van der Waals surface area (Å²) in [6.45, 7) is 1.00. The summed E-state index contributed by atoms with van der Waals surface area (Å²) in [6, 6.07) is 14.5. The lowest BCUT2D eigenvalue weighted by atomic mass is 10.0. The molecule has 0 bridgehead atoms. The summed E-state index contributed by atoms with van der Waals surface area (Å²) in [5.74, 6) is -0.0272. The monoisotopic (exact) mass is 388 g/mol. The second-order valence-electron chi connectivity index (χ2n) is 7.42. The number of nitrogens with one attached hydrogen (secondary N) is 2. The fourth-order valence-electron chi connectivity index (χ4n) is 4.25. The van der Waals surface area contributed by atoms with Crippen LogP contribution in [0.2, 0.25) is 0 Å². The topological polar surface area (TPSA) is 91.0 Å². The van der Waals surface area contributed by atoms with Gasteiger partial charge in [0, 0.05) is 36.2 Å². The van der Waals surface area contributed by atoms with Crippen molar-refractivity contribution >= 4 is 27.7 Å². The Kier molecular flexibility index (Phi) is 4.08. The predicted molar refractivity (Wildman–Crippen MR) is 111 cm³/mol. The van der Waals surface area contributed by atoms with Crippen LogP contribution in [0.5, 0.6) is 0 Å². The quantitative estimate of drug-likeness (QED) is 0.553. The zero-order chi connectivity index (χ0) is 20.0. The minimum absolute atomic E-state index is 0.0272. The lowest BCUT2D eigenvalue weighted by molar-refractivity contribution is 0.0694. The van der Waals surface area contributed by atoms with Crippen molar-refractivity contribution in [3.63, 3.8) is 0 Å². The van der Waals surface area contributed by atoms with Crippen LogP contribution in [0.25, 0.3) is 21.8 Å². The molecule has 1 fully saturated rings. The molecule has 5 rings (SSSR count). The number of rotatable bonds is 2. The van der Waals surface area contributed by atoms with Crippen molar-refractivity contribution in [2.75, 3.05) is 13.1 Å². The number of hydrogen-bond donors (Lipinski definition) is 2. The number of nitrogens with zero attached hydrogens (tertiary/aromatic N) is 2. The maximum absolute atomic E-state index is 13.0. The summed E-state index contributed by atoms with van der Waals surface area (Å²) < 4.78 is 1.32. The summed E-state index contributed by atoms with van der Waals surface area (Å²) in [5, 5.41) is 1.41. The SMILES string of the molecule is O=C(c1c[nH]c2ccccc12)N1CCC(n2c(=O)[nH]c3ccccc3c2=O)CC1. The third-order valence-corrected chi connectivity index (χ3v) is 5.77. The highest BCUT2D eigenvalue weighted by molar-refractivity contribution is 6.06. The zero-order valence-corrected chi connectivity index (χ0v) is 15.7. The average molecular weight is 388 g/mol. The molecule has 146 valence electrons. The van der Waals surface area contributed by atoms with Crippen molar-refractivity contribution in [2.45, 2.75) is 18.9 Å². The molecule has 0 saturated carbocycles. The molecule has 2 aromatic carbocycles. The number of carbonyl (C=O) groups excluding carboxylic acids is 1. The van der Waals surface area contributed by atoms with E-state index in [1.54, 1.807) is 35.4 Å². The fraction of sp³-hybridized carbons (Fsp3) is 0.227. The Morgan fingerprint density at radius 2 is 1.55 bits per heavy atom. The highest BCUT2D eigenvalue weighted by Crippen LogP contribution is 2.24. The summed E-state index contributed by atoms with van der Waals surface area (Å²) in [4.78, 5) is 46.1. The summed E-state index contributed by atoms with van der Waals surface area (Å²) >= 11 is 0. The zero-order valence-electron chi connectivity index (χ0n) is 15.7. The number of aromatic nitrogens is 3. The van der Waals surface area contributed by atoms with Gasteiger partial charge in [0.1, 0.15) is 0 Å². The maximum Gasteiger partial charge on any atom is 0.329 e. The number of aromatic amines is 2. The normalized spacial score (nSPS) is 15.2. The number of carbonyl (C=O) groups is 1. The predicted octanol–water partition coefficient (Wildman–Crippen LogP) is 2.65. The molecular formula is C22H20N4O3. The lowest BCUT2D eigenvalue weighted by Gasteiger charge is -2.32. The Labute approximate surface area is 165 Å². The first-order valence-corrected chi connectivity index (χ1v) is 9.72. The second kappa shape index (κ2) is 6.77. The molecule has 4 aromatic rings. The highest BCUT2D eigenvalue weighted by atomic mass is 16.2. The summed E-state index contributed by atoms with van der Waals surface area (Å²) in [6.07, 6.45) is 2.88. The number of hydrogen-bond acceptors (Lipinski definition) is 3. The summed E-state index contributed by atoms with van der Waals surface area (Å²) in [7, 11) is 0. The Bertz CT molecular complexity index is 1340. The molecule has 2 N–H and O–H groups in total. The van der Waals surface area contributed by atoms with Gasteiger partial charge in [0.15, 0.2) is 0 Å². The van der Waals surface area contributed by atoms with E-state index in [-0.39, 0.29) is 17.5 Å². The van der Waals surface area contributed by atoms with Gasteiger partial charge in [-0.25, -0.2) is 4.79 Å². The van der Waals surface area contributed by atoms with Gasteiger partial charge >= 0.3 is 5.69 Å². The first-order valence-electron chi connectivity index (χ1n) is 9.72. The van der Waals surface area contributed by atoms with Crippen LogP contribution >= 0.6 is 0 Å². The number of likely N-dealkylation sites (tertiary alicyclic amines) is 1. The van der Waals surface area contributed by atoms with E-state index in [1.165, 1.54) is 4.57 Å². The van der Waals surface area contributed by atoms with Gasteiger partial charge in [-0.1, -0.05) is 30.3 Å². The highest BCUT2D eigenvalue weighted by Gasteiger charge is 2.27. The molecule has 0 aliphatic carbocycles. The fourth-order valence-corrected chi connectivity index (χ4v) is 4.25. The molecule has 1 aliphatic heterocycles. The summed E-state index contributed by atoms with van der Waals surface area (Å²) in [5.41, 5.74) is 1.46. The van der Waals surface area contributed by atoms with Gasteiger partial charge < -0.3 is 14.9 Å². The van der Waals surface area contributed by atoms with Gasteiger partial charge in [-0.3, -0.25) is 14.2 Å². The molecule has 3 heterocycles. The molecular weight excluding hydrogens is 368 g/mol. The van der Waals surface area contributed by atoms with E-state index < -0.39 is 5.69 Å². The van der Waals surface area contributed by atoms with Crippen LogP contribution in [-0.2, 0) is 0 Å². The van der Waals surface area contributed by atoms with E-state index in [0.29, 0.717) is 42.4 Å². The van der Waals surface area contributed by atoms with Crippen LogP contribution < -0.4 is 11.2 Å². The Morgan fingerprint density at radius 1 is 0.897 bits per heavy atom. The van der Waals surface area contributed by atoms with Crippen LogP contribution in [0.1, 0.15) is 29.2 Å². The average Bonchev–Trinajstić information content (AvgIpc) is 3.18. The molecule has 0 atom stereocenters. The Morgan fingerprint density at radius 3 is 2.31 bits per heavy atom. The van der Waals surface area contributed by atoms with Gasteiger partial charge in [0.05, 0.1) is 16.5 Å². The molecule has 7 heteroatoms. The number of para-hydroxylation sites is 2. The molecule has 1 amide bonds. The van der Waals surface area contributed by atoms with E-state index >= 15 is 0 Å². The second-order valence-corrected chi connectivity index (χ2v) is 7.42. The molecule has 0 unspecified atom stereocenters. The van der Waals surface area contributed by atoms with E-state index in [9.17, 15) is 14.4 Å². The lowest BCUT2D eigenvalue weighted by Crippen LogP contribution is -2.45. The van der Waals surface area contributed by atoms with Crippen LogP contribution in [0.4, 0.5) is 0 Å². The van der Waals surface area contributed by atoms with E-state index in [2.05, 4.69) is 9.97 Å². The first kappa shape index (κ1) is 17.5. The third-order valence-electron chi connectivity index (χ3n) is 5.77. The van der Waals surface area contributed by atoms with Gasteiger partial charge in [-0.05, 0) is 31.0 Å². The minimum Gasteiger partial charge on any atom is -0.360 e. The Balaban J connectivity index is 1.40. The van der Waals surface area contributed by atoms with Crippen LogP contribution in [-0.4, -0.2) is 38.4 Å². The van der Waals surface area contributed by atoms with E-state index in [0.717, 1.165) is 10.9 Å². The van der Waals surface area contributed by atoms with Crippen LogP contribution in [0.3, 0.4) is 0 Å². The maximum atomic E-state index is 13.0. The third kappa shape index (κ3) is 2.86. The largest absolute Gasteiger partial charge is 0.360 e. The Hall–Kier alpha value is -3.61. The molecule has 7 nitrogen and oxygen atoms in total. The first-order chi connectivity index (χ1) is 14.1. The molecule has 29 heavy (non-hydrogen) atoms. The smallest absolute Gasteiger partial charge is 0.329 e. The van der Waals surface area contributed by atoms with Crippen molar-refractivity contribution in [3.8, 4) is 0 Å². The van der Waals surface area contributed by atoms with E-state index in [1.807, 2.05) is 24.3 Å². The molecule has 1 saturated heterocycles. The van der Waals surface area contributed by atoms with E-state index in [4.69, 9.17) is 0 Å². The van der Waals surface area contributed by atoms with Crippen molar-refractivity contribution in [1.29, 1.82) is 0 Å². The van der Waals surface area contributed by atoms with Gasteiger partial charge in [0.25, 0.3) is 11.5 Å². The number of benzene rings is 2. The molecule has 2 aromatic heterocycles. The molecule has 0 spiro atoms. The number of H-pyrrole nitrogens is 2. The standard InChI is InChI=1S/C22H20N4O3/c27-20(17-13-23-18-7-3-1-5-15(17)18)25-11-9-14(10-12-25)26-21(28)16-6-2-4-8-19(16)24-22(26)29/h1-8,13-14,23H,9-12H2,(H,24,29).